The molecule has 1 aromatic rings. The third kappa shape index (κ3) is 3.75. The first-order chi connectivity index (χ1) is 9.61. The van der Waals surface area contributed by atoms with Crippen molar-refractivity contribution in [3.8, 4) is 0 Å². The zero-order valence-corrected chi connectivity index (χ0v) is 12.2. The predicted molar refractivity (Wildman–Crippen MR) is 76.7 cm³/mol. The van der Waals surface area contributed by atoms with Gasteiger partial charge in [-0.3, -0.25) is 0 Å². The summed E-state index contributed by atoms with van der Waals surface area (Å²) in [5, 5.41) is 3.10. The van der Waals surface area contributed by atoms with E-state index in [2.05, 4.69) is 22.2 Å². The second-order valence-corrected chi connectivity index (χ2v) is 5.44. The molecular formula is C15H23F2N3. The molecule has 1 unspecified atom stereocenters. The van der Waals surface area contributed by atoms with Gasteiger partial charge in [0.15, 0.2) is 11.6 Å². The third-order valence-electron chi connectivity index (χ3n) is 3.96. The van der Waals surface area contributed by atoms with E-state index in [1.54, 1.807) is 19.2 Å². The summed E-state index contributed by atoms with van der Waals surface area (Å²) >= 11 is 0. The normalized spacial score (nSPS) is 19.8. The summed E-state index contributed by atoms with van der Waals surface area (Å²) in [5.74, 6) is -1.52. The highest BCUT2D eigenvalue weighted by Crippen LogP contribution is 2.20. The molecule has 0 bridgehead atoms. The lowest BCUT2D eigenvalue weighted by Crippen LogP contribution is -2.36. The summed E-state index contributed by atoms with van der Waals surface area (Å²) in [6.45, 7) is 4.77. The van der Waals surface area contributed by atoms with Crippen LogP contribution in [0.25, 0.3) is 0 Å². The zero-order chi connectivity index (χ0) is 14.5. The van der Waals surface area contributed by atoms with Crippen LogP contribution in [-0.2, 0) is 0 Å². The number of nitrogens with zero attached hydrogens (tertiary/aromatic N) is 2. The van der Waals surface area contributed by atoms with Crippen molar-refractivity contribution in [3.05, 3.63) is 35.4 Å². The third-order valence-corrected chi connectivity index (χ3v) is 3.96. The maximum absolute atomic E-state index is 13.9. The molecule has 1 aliphatic heterocycles. The fraction of sp³-hybridized carbons (Fsp3) is 0.600. The van der Waals surface area contributed by atoms with E-state index in [1.807, 2.05) is 0 Å². The van der Waals surface area contributed by atoms with Gasteiger partial charge in [0.25, 0.3) is 0 Å². The first kappa shape index (κ1) is 15.4. The molecule has 1 saturated heterocycles. The second kappa shape index (κ2) is 7.11. The standard InChI is InChI=1S/C15H23F2N3/c1-18-14(12-5-3-6-13(16)15(12)17)11-20-8-4-7-19(2)9-10-20/h3,5-6,14,18H,4,7-11H2,1-2H3. The second-order valence-electron chi connectivity index (χ2n) is 5.44. The summed E-state index contributed by atoms with van der Waals surface area (Å²) in [7, 11) is 3.91. The molecule has 1 atom stereocenters. The predicted octanol–water partition coefficient (Wildman–Crippen LogP) is 1.86. The van der Waals surface area contributed by atoms with E-state index in [0.29, 0.717) is 12.1 Å². The Bertz CT molecular complexity index is 439. The average molecular weight is 283 g/mol. The molecule has 5 heteroatoms. The van der Waals surface area contributed by atoms with Crippen LogP contribution in [0.1, 0.15) is 18.0 Å². The molecule has 112 valence electrons. The molecule has 0 saturated carbocycles. The van der Waals surface area contributed by atoms with Gasteiger partial charge >= 0.3 is 0 Å². The van der Waals surface area contributed by atoms with E-state index in [0.717, 1.165) is 38.7 Å². The van der Waals surface area contributed by atoms with Crippen LogP contribution in [0.5, 0.6) is 0 Å². The van der Waals surface area contributed by atoms with Crippen LogP contribution in [0, 0.1) is 11.6 Å². The van der Waals surface area contributed by atoms with E-state index in [9.17, 15) is 8.78 Å². The SMILES string of the molecule is CNC(CN1CCCN(C)CC1)c1cccc(F)c1F. The molecule has 1 aromatic carbocycles. The average Bonchev–Trinajstić information content (AvgIpc) is 2.64. The fourth-order valence-corrected chi connectivity index (χ4v) is 2.68. The molecule has 0 aromatic heterocycles. The Balaban J connectivity index is 2.06. The number of rotatable bonds is 4. The van der Waals surface area contributed by atoms with Crippen molar-refractivity contribution in [2.75, 3.05) is 46.8 Å². The lowest BCUT2D eigenvalue weighted by atomic mass is 10.1. The first-order valence-corrected chi connectivity index (χ1v) is 7.14. The minimum atomic E-state index is -0.779. The summed E-state index contributed by atoms with van der Waals surface area (Å²) in [5.41, 5.74) is 0.408. The molecule has 0 aliphatic carbocycles. The minimum absolute atomic E-state index is 0.186. The van der Waals surface area contributed by atoms with Gasteiger partial charge in [-0.05, 0) is 39.7 Å². The van der Waals surface area contributed by atoms with Gasteiger partial charge in [0.05, 0.1) is 0 Å². The Morgan fingerprint density at radius 3 is 2.75 bits per heavy atom. The smallest absolute Gasteiger partial charge is 0.163 e. The van der Waals surface area contributed by atoms with Crippen LogP contribution < -0.4 is 5.32 Å². The molecule has 1 aliphatic rings. The quantitative estimate of drug-likeness (QED) is 0.910. The summed E-state index contributed by atoms with van der Waals surface area (Å²) in [4.78, 5) is 4.62. The van der Waals surface area contributed by atoms with E-state index in [1.165, 1.54) is 0 Å². The van der Waals surface area contributed by atoms with Crippen molar-refractivity contribution < 1.29 is 8.78 Å². The lowest BCUT2D eigenvalue weighted by Gasteiger charge is -2.26. The summed E-state index contributed by atoms with van der Waals surface area (Å²) in [6, 6.07) is 4.19. The van der Waals surface area contributed by atoms with Crippen molar-refractivity contribution in [1.82, 2.24) is 15.1 Å². The van der Waals surface area contributed by atoms with Crippen molar-refractivity contribution >= 4 is 0 Å². The summed E-state index contributed by atoms with van der Waals surface area (Å²) < 4.78 is 27.2. The van der Waals surface area contributed by atoms with Gasteiger partial charge in [0, 0.05) is 31.2 Å². The van der Waals surface area contributed by atoms with Gasteiger partial charge < -0.3 is 15.1 Å². The fourth-order valence-electron chi connectivity index (χ4n) is 2.68. The van der Waals surface area contributed by atoms with Crippen molar-refractivity contribution in [2.24, 2.45) is 0 Å². The molecule has 1 N–H and O–H groups in total. The van der Waals surface area contributed by atoms with Crippen LogP contribution in [-0.4, -0.2) is 56.6 Å². The molecule has 2 rings (SSSR count). The molecule has 0 spiro atoms. The number of hydrogen-bond acceptors (Lipinski definition) is 3. The Morgan fingerprint density at radius 1 is 1.20 bits per heavy atom. The number of likely N-dealkylation sites (N-methyl/N-ethyl adjacent to an activating group) is 2. The van der Waals surface area contributed by atoms with Crippen molar-refractivity contribution in [2.45, 2.75) is 12.5 Å². The monoisotopic (exact) mass is 283 g/mol. The Hall–Kier alpha value is -1.04. The van der Waals surface area contributed by atoms with Gasteiger partial charge in [0.2, 0.25) is 0 Å². The van der Waals surface area contributed by atoms with Gasteiger partial charge in [-0.15, -0.1) is 0 Å². The molecule has 3 nitrogen and oxygen atoms in total. The van der Waals surface area contributed by atoms with E-state index < -0.39 is 11.6 Å². The van der Waals surface area contributed by atoms with Crippen LogP contribution >= 0.6 is 0 Å². The number of halogens is 2. The maximum Gasteiger partial charge on any atom is 0.163 e. The molecule has 1 heterocycles. The van der Waals surface area contributed by atoms with E-state index >= 15 is 0 Å². The maximum atomic E-state index is 13.9. The Kier molecular flexibility index (Phi) is 5.46. The lowest BCUT2D eigenvalue weighted by molar-refractivity contribution is 0.248. The Labute approximate surface area is 119 Å². The summed E-state index contributed by atoms with van der Waals surface area (Å²) in [6.07, 6.45) is 1.11. The highest BCUT2D eigenvalue weighted by molar-refractivity contribution is 5.22. The largest absolute Gasteiger partial charge is 0.312 e. The molecular weight excluding hydrogens is 260 g/mol. The molecule has 20 heavy (non-hydrogen) atoms. The number of benzene rings is 1. The molecule has 1 fully saturated rings. The highest BCUT2D eigenvalue weighted by Gasteiger charge is 2.21. The van der Waals surface area contributed by atoms with Gasteiger partial charge in [-0.2, -0.15) is 0 Å². The van der Waals surface area contributed by atoms with Crippen LogP contribution in [0.2, 0.25) is 0 Å². The number of nitrogens with one attached hydrogen (secondary N) is 1. The zero-order valence-electron chi connectivity index (χ0n) is 12.2. The van der Waals surface area contributed by atoms with E-state index in [4.69, 9.17) is 0 Å². The van der Waals surface area contributed by atoms with Crippen LogP contribution in [0.3, 0.4) is 0 Å². The number of hydrogen-bond donors (Lipinski definition) is 1. The topological polar surface area (TPSA) is 18.5 Å². The highest BCUT2D eigenvalue weighted by atomic mass is 19.2. The van der Waals surface area contributed by atoms with Gasteiger partial charge in [0.1, 0.15) is 0 Å². The van der Waals surface area contributed by atoms with Gasteiger partial charge in [-0.1, -0.05) is 12.1 Å². The van der Waals surface area contributed by atoms with Crippen LogP contribution in [0.4, 0.5) is 8.78 Å². The van der Waals surface area contributed by atoms with E-state index in [-0.39, 0.29) is 6.04 Å². The van der Waals surface area contributed by atoms with Crippen LogP contribution in [0.15, 0.2) is 18.2 Å². The van der Waals surface area contributed by atoms with Crippen molar-refractivity contribution in [3.63, 3.8) is 0 Å². The first-order valence-electron chi connectivity index (χ1n) is 7.14. The van der Waals surface area contributed by atoms with Crippen molar-refractivity contribution in [1.29, 1.82) is 0 Å². The Morgan fingerprint density at radius 2 is 2.00 bits per heavy atom. The minimum Gasteiger partial charge on any atom is -0.312 e. The molecule has 0 radical (unpaired) electrons. The van der Waals surface area contributed by atoms with Gasteiger partial charge in [-0.25, -0.2) is 8.78 Å². The molecule has 0 amide bonds.